The Labute approximate surface area is 101 Å². The summed E-state index contributed by atoms with van der Waals surface area (Å²) >= 11 is 0. The van der Waals surface area contributed by atoms with Gasteiger partial charge in [-0.15, -0.1) is 0 Å². The minimum Gasteiger partial charge on any atom is -0.464 e. The Morgan fingerprint density at radius 2 is 2.24 bits per heavy atom. The lowest BCUT2D eigenvalue weighted by Crippen LogP contribution is -2.22. The summed E-state index contributed by atoms with van der Waals surface area (Å²) in [5.74, 6) is 0.674. The van der Waals surface area contributed by atoms with Crippen molar-refractivity contribution in [1.82, 2.24) is 4.90 Å². The predicted octanol–water partition coefficient (Wildman–Crippen LogP) is 2.21. The van der Waals surface area contributed by atoms with Crippen LogP contribution in [0.3, 0.4) is 0 Å². The first kappa shape index (κ1) is 10.8. The summed E-state index contributed by atoms with van der Waals surface area (Å²) in [5.41, 5.74) is 7.99. The zero-order valence-electron chi connectivity index (χ0n) is 9.93. The molecule has 3 rings (SSSR count). The van der Waals surface area contributed by atoms with Gasteiger partial charge < -0.3 is 10.2 Å². The maximum absolute atomic E-state index is 5.71. The molecule has 1 atom stereocenters. The lowest BCUT2D eigenvalue weighted by atomic mass is 10.1. The number of nitrogens with zero attached hydrogens (tertiary/aromatic N) is 1. The minimum absolute atomic E-state index is 0.674. The number of hydrogen-bond donors (Lipinski definition) is 1. The summed E-state index contributed by atoms with van der Waals surface area (Å²) in [6.07, 6.45) is 3.12. The van der Waals surface area contributed by atoms with Crippen molar-refractivity contribution in [3.05, 3.63) is 36.1 Å². The van der Waals surface area contributed by atoms with Gasteiger partial charge in [-0.05, 0) is 31.5 Å². The van der Waals surface area contributed by atoms with Crippen LogP contribution in [0, 0.1) is 5.92 Å². The third-order valence-electron chi connectivity index (χ3n) is 3.66. The third kappa shape index (κ3) is 2.08. The van der Waals surface area contributed by atoms with Crippen LogP contribution in [0.15, 0.2) is 34.9 Å². The first-order valence-corrected chi connectivity index (χ1v) is 6.24. The molecule has 2 aromatic rings. The monoisotopic (exact) mass is 230 g/mol. The number of hydrogen-bond acceptors (Lipinski definition) is 3. The van der Waals surface area contributed by atoms with Gasteiger partial charge in [0.25, 0.3) is 0 Å². The van der Waals surface area contributed by atoms with E-state index in [1.807, 2.05) is 18.4 Å². The fraction of sp³-hybridized carbons (Fsp3) is 0.429. The molecule has 17 heavy (non-hydrogen) atoms. The molecule has 1 unspecified atom stereocenters. The van der Waals surface area contributed by atoms with Gasteiger partial charge >= 0.3 is 0 Å². The van der Waals surface area contributed by atoms with Gasteiger partial charge in [-0.25, -0.2) is 0 Å². The average Bonchev–Trinajstić information content (AvgIpc) is 2.97. The molecule has 1 saturated heterocycles. The summed E-state index contributed by atoms with van der Waals surface area (Å²) in [5, 5.41) is 1.24. The van der Waals surface area contributed by atoms with Crippen molar-refractivity contribution in [3.63, 3.8) is 0 Å². The SMILES string of the molecule is NCC1CCN(Cc2coc3ccccc23)C1. The molecule has 0 aliphatic carbocycles. The van der Waals surface area contributed by atoms with Crippen LogP contribution in [-0.2, 0) is 6.54 Å². The summed E-state index contributed by atoms with van der Waals surface area (Å²) < 4.78 is 5.56. The molecule has 1 aliphatic heterocycles. The molecule has 0 radical (unpaired) electrons. The van der Waals surface area contributed by atoms with Crippen molar-refractivity contribution >= 4 is 11.0 Å². The highest BCUT2D eigenvalue weighted by atomic mass is 16.3. The largest absolute Gasteiger partial charge is 0.464 e. The molecule has 0 spiro atoms. The second-order valence-corrected chi connectivity index (χ2v) is 4.88. The van der Waals surface area contributed by atoms with Crippen LogP contribution in [0.2, 0.25) is 0 Å². The van der Waals surface area contributed by atoms with E-state index in [0.717, 1.165) is 31.8 Å². The van der Waals surface area contributed by atoms with Crippen LogP contribution in [0.1, 0.15) is 12.0 Å². The van der Waals surface area contributed by atoms with Crippen LogP contribution in [0.25, 0.3) is 11.0 Å². The molecule has 0 saturated carbocycles. The number of fused-ring (bicyclic) bond motifs is 1. The second kappa shape index (κ2) is 4.51. The topological polar surface area (TPSA) is 42.4 Å². The molecule has 1 aromatic carbocycles. The second-order valence-electron chi connectivity index (χ2n) is 4.88. The van der Waals surface area contributed by atoms with Gasteiger partial charge in [0, 0.05) is 24.0 Å². The Kier molecular flexibility index (Phi) is 2.87. The molecule has 3 heteroatoms. The quantitative estimate of drug-likeness (QED) is 0.879. The first-order chi connectivity index (χ1) is 8.36. The molecule has 3 nitrogen and oxygen atoms in total. The zero-order chi connectivity index (χ0) is 11.7. The maximum atomic E-state index is 5.71. The Balaban J connectivity index is 1.77. The van der Waals surface area contributed by atoms with Crippen LogP contribution in [0.4, 0.5) is 0 Å². The fourth-order valence-electron chi connectivity index (χ4n) is 2.64. The van der Waals surface area contributed by atoms with Crippen LogP contribution >= 0.6 is 0 Å². The van der Waals surface area contributed by atoms with Crippen molar-refractivity contribution in [1.29, 1.82) is 0 Å². The Hall–Kier alpha value is -1.32. The van der Waals surface area contributed by atoms with E-state index in [9.17, 15) is 0 Å². The van der Waals surface area contributed by atoms with E-state index in [2.05, 4.69) is 17.0 Å². The Bertz CT molecular complexity index is 506. The van der Waals surface area contributed by atoms with Gasteiger partial charge in [0.2, 0.25) is 0 Å². The highest BCUT2D eigenvalue weighted by Crippen LogP contribution is 2.24. The smallest absolute Gasteiger partial charge is 0.134 e. The number of benzene rings is 1. The molecule has 1 aromatic heterocycles. The van der Waals surface area contributed by atoms with E-state index >= 15 is 0 Å². The van der Waals surface area contributed by atoms with E-state index in [0.29, 0.717) is 5.92 Å². The van der Waals surface area contributed by atoms with E-state index in [-0.39, 0.29) is 0 Å². The highest BCUT2D eigenvalue weighted by molar-refractivity contribution is 5.80. The lowest BCUT2D eigenvalue weighted by Gasteiger charge is -2.14. The Morgan fingerprint density at radius 3 is 3.06 bits per heavy atom. The van der Waals surface area contributed by atoms with Gasteiger partial charge in [0.15, 0.2) is 0 Å². The molecule has 1 fully saturated rings. The Morgan fingerprint density at radius 1 is 1.35 bits per heavy atom. The fourth-order valence-corrected chi connectivity index (χ4v) is 2.64. The van der Waals surface area contributed by atoms with Gasteiger partial charge in [-0.1, -0.05) is 18.2 Å². The van der Waals surface area contributed by atoms with Crippen LogP contribution < -0.4 is 5.73 Å². The molecule has 0 amide bonds. The number of likely N-dealkylation sites (tertiary alicyclic amines) is 1. The van der Waals surface area contributed by atoms with E-state index in [1.54, 1.807) is 0 Å². The van der Waals surface area contributed by atoms with Crippen LogP contribution in [0.5, 0.6) is 0 Å². The van der Waals surface area contributed by atoms with Gasteiger partial charge in [-0.2, -0.15) is 0 Å². The van der Waals surface area contributed by atoms with Crippen molar-refractivity contribution in [3.8, 4) is 0 Å². The van der Waals surface area contributed by atoms with Crippen molar-refractivity contribution in [2.24, 2.45) is 11.7 Å². The average molecular weight is 230 g/mol. The summed E-state index contributed by atoms with van der Waals surface area (Å²) in [6.45, 7) is 4.06. The minimum atomic E-state index is 0.674. The predicted molar refractivity (Wildman–Crippen MR) is 68.7 cm³/mol. The number of furan rings is 1. The molecule has 1 aliphatic rings. The number of rotatable bonds is 3. The standard InChI is InChI=1S/C14H18N2O/c15-7-11-5-6-16(8-11)9-12-10-17-14-4-2-1-3-13(12)14/h1-4,10-11H,5-9,15H2. The summed E-state index contributed by atoms with van der Waals surface area (Å²) in [7, 11) is 0. The highest BCUT2D eigenvalue weighted by Gasteiger charge is 2.22. The van der Waals surface area contributed by atoms with Crippen molar-refractivity contribution < 1.29 is 4.42 Å². The molecule has 2 N–H and O–H groups in total. The molecule has 2 heterocycles. The molecular weight excluding hydrogens is 212 g/mol. The first-order valence-electron chi connectivity index (χ1n) is 6.24. The van der Waals surface area contributed by atoms with Crippen molar-refractivity contribution in [2.75, 3.05) is 19.6 Å². The number of para-hydroxylation sites is 1. The zero-order valence-corrected chi connectivity index (χ0v) is 9.93. The van der Waals surface area contributed by atoms with Crippen LogP contribution in [-0.4, -0.2) is 24.5 Å². The normalized spacial score (nSPS) is 21.4. The van der Waals surface area contributed by atoms with Gasteiger partial charge in [0.05, 0.1) is 6.26 Å². The molecule has 90 valence electrons. The summed E-state index contributed by atoms with van der Waals surface area (Å²) in [4.78, 5) is 2.47. The van der Waals surface area contributed by atoms with E-state index in [4.69, 9.17) is 10.2 Å². The van der Waals surface area contributed by atoms with E-state index < -0.39 is 0 Å². The summed E-state index contributed by atoms with van der Waals surface area (Å²) in [6, 6.07) is 8.22. The van der Waals surface area contributed by atoms with Gasteiger partial charge in [0.1, 0.15) is 5.58 Å². The number of nitrogens with two attached hydrogens (primary N) is 1. The third-order valence-corrected chi connectivity index (χ3v) is 3.66. The van der Waals surface area contributed by atoms with E-state index in [1.165, 1.54) is 17.4 Å². The molecular formula is C14H18N2O. The van der Waals surface area contributed by atoms with Crippen molar-refractivity contribution in [2.45, 2.75) is 13.0 Å². The lowest BCUT2D eigenvalue weighted by molar-refractivity contribution is 0.317. The molecule has 0 bridgehead atoms. The van der Waals surface area contributed by atoms with Gasteiger partial charge in [-0.3, -0.25) is 4.90 Å². The maximum Gasteiger partial charge on any atom is 0.134 e.